The van der Waals surface area contributed by atoms with Crippen LogP contribution in [0.5, 0.6) is 0 Å². The van der Waals surface area contributed by atoms with Crippen molar-refractivity contribution in [1.82, 2.24) is 19.8 Å². The smallest absolute Gasteiger partial charge is 0.272 e. The molecule has 1 heterocycles. The van der Waals surface area contributed by atoms with Gasteiger partial charge < -0.3 is 14.8 Å². The van der Waals surface area contributed by atoms with Gasteiger partial charge in [-0.25, -0.2) is 4.98 Å². The van der Waals surface area contributed by atoms with Crippen molar-refractivity contribution in [2.24, 2.45) is 0 Å². The molecule has 108 valence electrons. The van der Waals surface area contributed by atoms with Gasteiger partial charge in [0.15, 0.2) is 0 Å². The molecule has 2 rings (SSSR count). The van der Waals surface area contributed by atoms with Crippen LogP contribution in [0, 0.1) is 6.92 Å². The van der Waals surface area contributed by atoms with E-state index in [0.717, 1.165) is 30.7 Å². The number of hydrogen-bond acceptors (Lipinski definition) is 4. The van der Waals surface area contributed by atoms with Crippen molar-refractivity contribution in [3.05, 3.63) is 40.3 Å². The van der Waals surface area contributed by atoms with Crippen LogP contribution in [0.15, 0.2) is 29.1 Å². The Balaban J connectivity index is 2.13. The van der Waals surface area contributed by atoms with Crippen LogP contribution in [0.1, 0.15) is 5.69 Å². The number of rotatable bonds is 6. The molecule has 0 fully saturated rings. The van der Waals surface area contributed by atoms with Gasteiger partial charge in [0.05, 0.1) is 11.0 Å². The van der Waals surface area contributed by atoms with Crippen LogP contribution in [0.4, 0.5) is 0 Å². The zero-order valence-corrected chi connectivity index (χ0v) is 12.4. The molecule has 5 nitrogen and oxygen atoms in total. The number of nitrogens with one attached hydrogen (secondary N) is 1. The highest BCUT2D eigenvalue weighted by molar-refractivity contribution is 5.74. The molecule has 20 heavy (non-hydrogen) atoms. The van der Waals surface area contributed by atoms with Gasteiger partial charge in [-0.2, -0.15) is 0 Å². The SMILES string of the molecule is Cc1nc2ccccc2n(CCNCCN(C)C)c1=O. The second-order valence-corrected chi connectivity index (χ2v) is 5.20. The molecule has 1 N–H and O–H groups in total. The van der Waals surface area contributed by atoms with E-state index in [1.165, 1.54) is 0 Å². The van der Waals surface area contributed by atoms with Crippen LogP contribution < -0.4 is 10.9 Å². The van der Waals surface area contributed by atoms with Crippen molar-refractivity contribution in [1.29, 1.82) is 0 Å². The average molecular weight is 274 g/mol. The number of benzene rings is 1. The molecule has 0 bridgehead atoms. The number of likely N-dealkylation sites (N-methyl/N-ethyl adjacent to an activating group) is 1. The molecule has 0 spiro atoms. The van der Waals surface area contributed by atoms with Gasteiger partial charge in [-0.15, -0.1) is 0 Å². The number of nitrogens with zero attached hydrogens (tertiary/aromatic N) is 3. The fraction of sp³-hybridized carbons (Fsp3) is 0.467. The molecule has 0 aliphatic rings. The Morgan fingerprint density at radius 2 is 2.00 bits per heavy atom. The summed E-state index contributed by atoms with van der Waals surface area (Å²) >= 11 is 0. The number of aryl methyl sites for hydroxylation is 1. The highest BCUT2D eigenvalue weighted by atomic mass is 16.1. The van der Waals surface area contributed by atoms with Crippen LogP contribution in [0.25, 0.3) is 11.0 Å². The Kier molecular flexibility index (Phi) is 4.87. The predicted molar refractivity (Wildman–Crippen MR) is 82.2 cm³/mol. The zero-order valence-electron chi connectivity index (χ0n) is 12.4. The van der Waals surface area contributed by atoms with E-state index in [-0.39, 0.29) is 5.56 Å². The van der Waals surface area contributed by atoms with Crippen LogP contribution in [0.3, 0.4) is 0 Å². The van der Waals surface area contributed by atoms with Gasteiger partial charge >= 0.3 is 0 Å². The van der Waals surface area contributed by atoms with Crippen molar-refractivity contribution in [3.63, 3.8) is 0 Å². The lowest BCUT2D eigenvalue weighted by Crippen LogP contribution is -2.32. The van der Waals surface area contributed by atoms with E-state index in [2.05, 4.69) is 15.2 Å². The topological polar surface area (TPSA) is 50.2 Å². The summed E-state index contributed by atoms with van der Waals surface area (Å²) in [5.41, 5.74) is 2.32. The molecule has 0 radical (unpaired) electrons. The third kappa shape index (κ3) is 3.43. The lowest BCUT2D eigenvalue weighted by atomic mass is 10.2. The molecule has 2 aromatic rings. The van der Waals surface area contributed by atoms with Gasteiger partial charge in [-0.1, -0.05) is 12.1 Å². The van der Waals surface area contributed by atoms with E-state index in [1.54, 1.807) is 11.5 Å². The quantitative estimate of drug-likeness (QED) is 0.794. The maximum atomic E-state index is 12.2. The fourth-order valence-electron chi connectivity index (χ4n) is 2.16. The molecule has 0 saturated carbocycles. The summed E-state index contributed by atoms with van der Waals surface area (Å²) in [6.45, 7) is 5.12. The maximum Gasteiger partial charge on any atom is 0.272 e. The van der Waals surface area contributed by atoms with Crippen molar-refractivity contribution in [2.75, 3.05) is 33.7 Å². The second-order valence-electron chi connectivity index (χ2n) is 5.20. The summed E-state index contributed by atoms with van der Waals surface area (Å²) < 4.78 is 1.81. The van der Waals surface area contributed by atoms with Crippen molar-refractivity contribution < 1.29 is 0 Å². The number of para-hydroxylation sites is 2. The molecule has 0 aliphatic carbocycles. The zero-order chi connectivity index (χ0) is 14.5. The lowest BCUT2D eigenvalue weighted by Gasteiger charge is -2.13. The number of fused-ring (bicyclic) bond motifs is 1. The second kappa shape index (κ2) is 6.63. The summed E-state index contributed by atoms with van der Waals surface area (Å²) in [6, 6.07) is 7.77. The van der Waals surface area contributed by atoms with E-state index >= 15 is 0 Å². The Hall–Kier alpha value is -1.72. The Labute approximate surface area is 119 Å². The molecule has 0 saturated heterocycles. The van der Waals surface area contributed by atoms with Gasteiger partial charge in [0.1, 0.15) is 5.69 Å². The fourth-order valence-corrected chi connectivity index (χ4v) is 2.16. The van der Waals surface area contributed by atoms with Crippen LogP contribution in [-0.2, 0) is 6.54 Å². The monoisotopic (exact) mass is 274 g/mol. The summed E-state index contributed by atoms with van der Waals surface area (Å²) in [7, 11) is 4.10. The molecule has 5 heteroatoms. The third-order valence-corrected chi connectivity index (χ3v) is 3.26. The molecule has 0 amide bonds. The Bertz CT molecular complexity index is 633. The molecule has 1 aromatic carbocycles. The highest BCUT2D eigenvalue weighted by Gasteiger charge is 2.06. The van der Waals surface area contributed by atoms with Crippen LogP contribution >= 0.6 is 0 Å². The average Bonchev–Trinajstić information content (AvgIpc) is 2.42. The Morgan fingerprint density at radius 3 is 2.75 bits per heavy atom. The highest BCUT2D eigenvalue weighted by Crippen LogP contribution is 2.09. The largest absolute Gasteiger partial charge is 0.314 e. The minimum atomic E-state index is -0.00175. The van der Waals surface area contributed by atoms with E-state index in [0.29, 0.717) is 12.2 Å². The van der Waals surface area contributed by atoms with Crippen molar-refractivity contribution >= 4 is 11.0 Å². The molecular weight excluding hydrogens is 252 g/mol. The van der Waals surface area contributed by atoms with Crippen LogP contribution in [0.2, 0.25) is 0 Å². The molecule has 0 unspecified atom stereocenters. The van der Waals surface area contributed by atoms with Gasteiger partial charge in [-0.3, -0.25) is 4.79 Å². The third-order valence-electron chi connectivity index (χ3n) is 3.26. The first-order chi connectivity index (χ1) is 9.59. The van der Waals surface area contributed by atoms with Crippen molar-refractivity contribution in [2.45, 2.75) is 13.5 Å². The van der Waals surface area contributed by atoms with E-state index < -0.39 is 0 Å². The summed E-state index contributed by atoms with van der Waals surface area (Å²) in [6.07, 6.45) is 0. The van der Waals surface area contributed by atoms with Gasteiger partial charge in [0, 0.05) is 26.2 Å². The predicted octanol–water partition coefficient (Wildman–Crippen LogP) is 0.856. The lowest BCUT2D eigenvalue weighted by molar-refractivity contribution is 0.398. The van der Waals surface area contributed by atoms with Crippen LogP contribution in [-0.4, -0.2) is 48.2 Å². The number of aromatic nitrogens is 2. The minimum Gasteiger partial charge on any atom is -0.314 e. The molecule has 0 aliphatic heterocycles. The van der Waals surface area contributed by atoms with E-state index in [4.69, 9.17) is 0 Å². The van der Waals surface area contributed by atoms with Gasteiger partial charge in [0.25, 0.3) is 5.56 Å². The van der Waals surface area contributed by atoms with Crippen molar-refractivity contribution in [3.8, 4) is 0 Å². The first-order valence-electron chi connectivity index (χ1n) is 6.91. The normalized spacial score (nSPS) is 11.4. The first-order valence-corrected chi connectivity index (χ1v) is 6.91. The van der Waals surface area contributed by atoms with E-state index in [1.807, 2.05) is 38.4 Å². The molecular formula is C15H22N4O. The molecule has 1 aromatic heterocycles. The standard InChI is InChI=1S/C15H22N4O/c1-12-15(20)19(11-9-16-8-10-18(2)3)14-7-5-4-6-13(14)17-12/h4-7,16H,8-11H2,1-3H3. The summed E-state index contributed by atoms with van der Waals surface area (Å²) in [5, 5.41) is 3.35. The van der Waals surface area contributed by atoms with Gasteiger partial charge in [0.2, 0.25) is 0 Å². The van der Waals surface area contributed by atoms with Gasteiger partial charge in [-0.05, 0) is 33.2 Å². The minimum absolute atomic E-state index is 0.00175. The number of hydrogen-bond donors (Lipinski definition) is 1. The first kappa shape index (κ1) is 14.7. The summed E-state index contributed by atoms with van der Waals surface area (Å²) in [5.74, 6) is 0. The summed E-state index contributed by atoms with van der Waals surface area (Å²) in [4.78, 5) is 18.7. The molecule has 0 atom stereocenters. The Morgan fingerprint density at radius 1 is 1.25 bits per heavy atom. The maximum absolute atomic E-state index is 12.2. The van der Waals surface area contributed by atoms with E-state index in [9.17, 15) is 4.79 Å².